The highest BCUT2D eigenvalue weighted by Gasteiger charge is 2.14. The number of likely N-dealkylation sites (tertiary alicyclic amines) is 1. The third-order valence-corrected chi connectivity index (χ3v) is 4.35. The van der Waals surface area contributed by atoms with Crippen molar-refractivity contribution in [2.45, 2.75) is 32.2 Å². The Hall–Kier alpha value is -1.20. The molecule has 1 N–H and O–H groups in total. The van der Waals surface area contributed by atoms with Crippen LogP contribution >= 0.6 is 11.3 Å². The van der Waals surface area contributed by atoms with Gasteiger partial charge in [0.1, 0.15) is 12.2 Å². The number of nitrogens with zero attached hydrogens (tertiary/aromatic N) is 2. The summed E-state index contributed by atoms with van der Waals surface area (Å²) in [5.41, 5.74) is 0.991. The van der Waals surface area contributed by atoms with E-state index < -0.39 is 0 Å². The van der Waals surface area contributed by atoms with E-state index in [0.29, 0.717) is 0 Å². The molecule has 2 aromatic heterocycles. The van der Waals surface area contributed by atoms with Crippen molar-refractivity contribution < 1.29 is 4.90 Å². The molecular weight excluding hydrogens is 246 g/mol. The van der Waals surface area contributed by atoms with E-state index in [1.54, 1.807) is 21.6 Å². The van der Waals surface area contributed by atoms with Crippen LogP contribution in [0.25, 0.3) is 4.96 Å². The molecule has 0 amide bonds. The Labute approximate surface area is 110 Å². The smallest absolute Gasteiger partial charge is 0.258 e. The van der Waals surface area contributed by atoms with Gasteiger partial charge in [0.15, 0.2) is 4.96 Å². The van der Waals surface area contributed by atoms with Crippen LogP contribution in [-0.4, -0.2) is 22.5 Å². The summed E-state index contributed by atoms with van der Waals surface area (Å²) in [5.74, 6) is 0. The molecule has 0 spiro atoms. The third-order valence-electron chi connectivity index (χ3n) is 3.60. The summed E-state index contributed by atoms with van der Waals surface area (Å²) in [6, 6.07) is 1.69. The molecular formula is C13H18N3OS+. The Kier molecular flexibility index (Phi) is 3.43. The van der Waals surface area contributed by atoms with Gasteiger partial charge in [-0.15, -0.1) is 11.3 Å². The molecule has 3 heterocycles. The number of nitrogens with one attached hydrogen (secondary N) is 1. The largest absolute Gasteiger partial charge is 0.330 e. The van der Waals surface area contributed by atoms with Gasteiger partial charge in [0.25, 0.3) is 5.56 Å². The Morgan fingerprint density at radius 3 is 2.83 bits per heavy atom. The molecule has 1 aliphatic rings. The topological polar surface area (TPSA) is 38.8 Å². The molecule has 0 bridgehead atoms. The van der Waals surface area contributed by atoms with E-state index in [0.717, 1.165) is 17.2 Å². The highest BCUT2D eigenvalue weighted by Crippen LogP contribution is 2.06. The van der Waals surface area contributed by atoms with Gasteiger partial charge in [0.2, 0.25) is 0 Å². The first kappa shape index (κ1) is 11.9. The van der Waals surface area contributed by atoms with Crippen LogP contribution in [0.15, 0.2) is 22.4 Å². The molecule has 4 nitrogen and oxygen atoms in total. The monoisotopic (exact) mass is 264 g/mol. The first-order valence-corrected chi connectivity index (χ1v) is 7.50. The van der Waals surface area contributed by atoms with Gasteiger partial charge in [0.05, 0.1) is 13.1 Å². The summed E-state index contributed by atoms with van der Waals surface area (Å²) in [4.78, 5) is 18.9. The average molecular weight is 264 g/mol. The number of hydrogen-bond donors (Lipinski definition) is 1. The van der Waals surface area contributed by atoms with Crippen LogP contribution in [0.5, 0.6) is 0 Å². The molecule has 96 valence electrons. The summed E-state index contributed by atoms with van der Waals surface area (Å²) < 4.78 is 1.62. The van der Waals surface area contributed by atoms with Crippen LogP contribution in [-0.2, 0) is 6.54 Å². The van der Waals surface area contributed by atoms with E-state index in [1.165, 1.54) is 50.1 Å². The number of aromatic nitrogens is 2. The highest BCUT2D eigenvalue weighted by atomic mass is 32.1. The second-order valence-corrected chi connectivity index (χ2v) is 5.86. The number of quaternary nitrogens is 1. The van der Waals surface area contributed by atoms with Gasteiger partial charge in [-0.1, -0.05) is 0 Å². The van der Waals surface area contributed by atoms with Crippen molar-refractivity contribution in [1.82, 2.24) is 9.38 Å². The first-order chi connectivity index (χ1) is 8.83. The van der Waals surface area contributed by atoms with Crippen LogP contribution in [0.3, 0.4) is 0 Å². The fraction of sp³-hybridized carbons (Fsp3) is 0.538. The van der Waals surface area contributed by atoms with Crippen LogP contribution in [0.2, 0.25) is 0 Å². The molecule has 2 aromatic rings. The molecule has 18 heavy (non-hydrogen) atoms. The van der Waals surface area contributed by atoms with Crippen molar-refractivity contribution >= 4 is 16.3 Å². The zero-order valence-corrected chi connectivity index (χ0v) is 11.2. The van der Waals surface area contributed by atoms with E-state index >= 15 is 0 Å². The molecule has 0 aromatic carbocycles. The van der Waals surface area contributed by atoms with Gasteiger partial charge < -0.3 is 4.90 Å². The molecule has 3 rings (SSSR count). The second kappa shape index (κ2) is 5.20. The maximum atomic E-state index is 11.9. The van der Waals surface area contributed by atoms with Gasteiger partial charge in [0, 0.05) is 17.6 Å². The van der Waals surface area contributed by atoms with Crippen LogP contribution in [0.1, 0.15) is 31.4 Å². The van der Waals surface area contributed by atoms with Gasteiger partial charge in [-0.05, 0) is 25.7 Å². The molecule has 0 saturated carbocycles. The Balaban J connectivity index is 1.83. The number of rotatable bonds is 2. The minimum absolute atomic E-state index is 0.0467. The molecule has 5 heteroatoms. The van der Waals surface area contributed by atoms with Gasteiger partial charge >= 0.3 is 0 Å². The lowest BCUT2D eigenvalue weighted by molar-refractivity contribution is -0.913. The maximum Gasteiger partial charge on any atom is 0.258 e. The molecule has 1 aliphatic heterocycles. The van der Waals surface area contributed by atoms with Gasteiger partial charge in [-0.25, -0.2) is 4.98 Å². The quantitative estimate of drug-likeness (QED) is 0.868. The van der Waals surface area contributed by atoms with Crippen molar-refractivity contribution in [1.29, 1.82) is 0 Å². The van der Waals surface area contributed by atoms with Crippen molar-refractivity contribution in [3.63, 3.8) is 0 Å². The van der Waals surface area contributed by atoms with Crippen molar-refractivity contribution in [3.05, 3.63) is 33.7 Å². The molecule has 0 radical (unpaired) electrons. The van der Waals surface area contributed by atoms with E-state index in [4.69, 9.17) is 0 Å². The fourth-order valence-corrected chi connectivity index (χ4v) is 3.38. The minimum Gasteiger partial charge on any atom is -0.330 e. The maximum absolute atomic E-state index is 11.9. The van der Waals surface area contributed by atoms with Crippen molar-refractivity contribution in [3.8, 4) is 0 Å². The fourth-order valence-electron chi connectivity index (χ4n) is 2.64. The van der Waals surface area contributed by atoms with Crippen LogP contribution in [0.4, 0.5) is 0 Å². The van der Waals surface area contributed by atoms with E-state index in [9.17, 15) is 4.79 Å². The van der Waals surface area contributed by atoms with Gasteiger partial charge in [-0.2, -0.15) is 0 Å². The van der Waals surface area contributed by atoms with Gasteiger partial charge in [-0.3, -0.25) is 9.20 Å². The number of hydrogen-bond acceptors (Lipinski definition) is 3. The number of fused-ring (bicyclic) bond motifs is 1. The Bertz CT molecular complexity index is 581. The predicted molar refractivity (Wildman–Crippen MR) is 72.2 cm³/mol. The predicted octanol–water partition coefficient (Wildman–Crippen LogP) is 0.715. The van der Waals surface area contributed by atoms with E-state index in [2.05, 4.69) is 4.98 Å². The first-order valence-electron chi connectivity index (χ1n) is 6.62. The summed E-state index contributed by atoms with van der Waals surface area (Å²) in [7, 11) is 0. The normalized spacial score (nSPS) is 18.0. The Morgan fingerprint density at radius 1 is 1.28 bits per heavy atom. The lowest BCUT2D eigenvalue weighted by Crippen LogP contribution is -3.10. The lowest BCUT2D eigenvalue weighted by atomic mass is 10.2. The minimum atomic E-state index is 0.0467. The molecule has 0 atom stereocenters. The second-order valence-electron chi connectivity index (χ2n) is 4.98. The molecule has 1 saturated heterocycles. The van der Waals surface area contributed by atoms with Crippen molar-refractivity contribution in [2.24, 2.45) is 0 Å². The lowest BCUT2D eigenvalue weighted by Gasteiger charge is -2.16. The van der Waals surface area contributed by atoms with Crippen LogP contribution < -0.4 is 10.5 Å². The third kappa shape index (κ3) is 2.47. The zero-order valence-electron chi connectivity index (χ0n) is 10.4. The van der Waals surface area contributed by atoms with E-state index in [1.807, 2.05) is 5.38 Å². The molecule has 0 unspecified atom stereocenters. The molecule has 0 aliphatic carbocycles. The standard InChI is InChI=1S/C13H17N3OS/c17-12-9-11(14-13-16(12)7-8-18-13)10-15-5-3-1-2-4-6-15/h7-9H,1-6,10H2/p+1. The molecule has 1 fully saturated rings. The Morgan fingerprint density at radius 2 is 2.06 bits per heavy atom. The summed E-state index contributed by atoms with van der Waals surface area (Å²) in [6.07, 6.45) is 7.09. The summed E-state index contributed by atoms with van der Waals surface area (Å²) >= 11 is 1.52. The van der Waals surface area contributed by atoms with Crippen LogP contribution in [0, 0.1) is 0 Å². The average Bonchev–Trinajstić information content (AvgIpc) is 2.68. The van der Waals surface area contributed by atoms with Crippen molar-refractivity contribution in [2.75, 3.05) is 13.1 Å². The summed E-state index contributed by atoms with van der Waals surface area (Å²) in [6.45, 7) is 3.32. The highest BCUT2D eigenvalue weighted by molar-refractivity contribution is 7.15. The number of thiazole rings is 1. The zero-order chi connectivity index (χ0) is 12.4. The summed E-state index contributed by atoms with van der Waals surface area (Å²) in [5, 5.41) is 1.91. The van der Waals surface area contributed by atoms with E-state index in [-0.39, 0.29) is 5.56 Å². The SMILES string of the molecule is O=c1cc(C[NH+]2CCCCCC2)nc2sccn12.